The molecule has 1 unspecified atom stereocenters. The highest BCUT2D eigenvalue weighted by molar-refractivity contribution is 5.87. The average Bonchev–Trinajstić information content (AvgIpc) is 3.22. The number of benzene rings is 1. The Kier molecular flexibility index (Phi) is 4.32. The number of amides is 2. The molecule has 2 amide bonds. The van der Waals surface area contributed by atoms with Gasteiger partial charge >= 0.3 is 0 Å². The first-order valence-electron chi connectivity index (χ1n) is 8.02. The second-order valence-electron chi connectivity index (χ2n) is 6.10. The van der Waals surface area contributed by atoms with Crippen LogP contribution in [0.1, 0.15) is 25.8 Å². The Morgan fingerprint density at radius 2 is 1.96 bits per heavy atom. The Balaban J connectivity index is 1.70. The number of para-hydroxylation sites is 2. The number of fused-ring (bicyclic) bond motifs is 1. The number of likely N-dealkylation sites (N-methyl/N-ethyl adjacent to an activating group) is 1. The highest BCUT2D eigenvalue weighted by Crippen LogP contribution is 2.19. The van der Waals surface area contributed by atoms with Gasteiger partial charge in [-0.25, -0.2) is 4.98 Å². The summed E-state index contributed by atoms with van der Waals surface area (Å²) in [7, 11) is 1.69. The molecule has 1 saturated heterocycles. The SMILES string of the molecule is CC(C(=O)N(C)CC(=O)N1CCCC1)n1cnc2ccccc21. The molecule has 1 aromatic heterocycles. The highest BCUT2D eigenvalue weighted by atomic mass is 16.2. The average molecular weight is 314 g/mol. The van der Waals surface area contributed by atoms with Crippen LogP contribution in [0.15, 0.2) is 30.6 Å². The van der Waals surface area contributed by atoms with E-state index in [1.54, 1.807) is 13.4 Å². The van der Waals surface area contributed by atoms with Crippen LogP contribution in [0.25, 0.3) is 11.0 Å². The lowest BCUT2D eigenvalue weighted by Gasteiger charge is -2.24. The smallest absolute Gasteiger partial charge is 0.245 e. The number of imidazole rings is 1. The van der Waals surface area contributed by atoms with Crippen molar-refractivity contribution in [2.45, 2.75) is 25.8 Å². The van der Waals surface area contributed by atoms with Crippen molar-refractivity contribution in [3.63, 3.8) is 0 Å². The van der Waals surface area contributed by atoms with Crippen LogP contribution < -0.4 is 0 Å². The van der Waals surface area contributed by atoms with Crippen molar-refractivity contribution in [2.24, 2.45) is 0 Å². The zero-order valence-corrected chi connectivity index (χ0v) is 13.6. The van der Waals surface area contributed by atoms with Crippen LogP contribution in [-0.4, -0.2) is 57.8 Å². The molecule has 122 valence electrons. The number of carbonyl (C=O) groups is 2. The van der Waals surface area contributed by atoms with E-state index >= 15 is 0 Å². The molecule has 6 nitrogen and oxygen atoms in total. The van der Waals surface area contributed by atoms with Crippen LogP contribution in [0.4, 0.5) is 0 Å². The number of aromatic nitrogens is 2. The van der Waals surface area contributed by atoms with E-state index in [9.17, 15) is 9.59 Å². The summed E-state index contributed by atoms with van der Waals surface area (Å²) in [6.45, 7) is 3.59. The number of carbonyl (C=O) groups excluding carboxylic acids is 2. The van der Waals surface area contributed by atoms with E-state index < -0.39 is 6.04 Å². The Labute approximate surface area is 135 Å². The summed E-state index contributed by atoms with van der Waals surface area (Å²) in [6.07, 6.45) is 3.80. The van der Waals surface area contributed by atoms with E-state index in [-0.39, 0.29) is 18.4 Å². The molecular weight excluding hydrogens is 292 g/mol. The van der Waals surface area contributed by atoms with Crippen molar-refractivity contribution in [1.82, 2.24) is 19.4 Å². The minimum absolute atomic E-state index is 0.0287. The molecule has 1 atom stereocenters. The third kappa shape index (κ3) is 3.06. The van der Waals surface area contributed by atoms with Crippen LogP contribution in [0.2, 0.25) is 0 Å². The van der Waals surface area contributed by atoms with Gasteiger partial charge < -0.3 is 14.4 Å². The second kappa shape index (κ2) is 6.40. The Morgan fingerprint density at radius 1 is 1.26 bits per heavy atom. The minimum Gasteiger partial charge on any atom is -0.341 e. The number of hydrogen-bond acceptors (Lipinski definition) is 3. The van der Waals surface area contributed by atoms with Crippen molar-refractivity contribution in [1.29, 1.82) is 0 Å². The molecule has 0 radical (unpaired) electrons. The zero-order valence-electron chi connectivity index (χ0n) is 13.6. The first kappa shape index (κ1) is 15.5. The Morgan fingerprint density at radius 3 is 2.70 bits per heavy atom. The van der Waals surface area contributed by atoms with E-state index in [4.69, 9.17) is 0 Å². The predicted octanol–water partition coefficient (Wildman–Crippen LogP) is 1.68. The van der Waals surface area contributed by atoms with E-state index in [0.29, 0.717) is 0 Å². The van der Waals surface area contributed by atoms with Gasteiger partial charge in [-0.2, -0.15) is 0 Å². The largest absolute Gasteiger partial charge is 0.341 e. The molecule has 0 spiro atoms. The Hall–Kier alpha value is -2.37. The molecule has 1 aromatic carbocycles. The van der Waals surface area contributed by atoms with Gasteiger partial charge in [0.1, 0.15) is 6.04 Å². The van der Waals surface area contributed by atoms with Crippen molar-refractivity contribution in [3.8, 4) is 0 Å². The summed E-state index contributed by atoms with van der Waals surface area (Å²) in [5.41, 5.74) is 1.79. The van der Waals surface area contributed by atoms with Crippen molar-refractivity contribution >= 4 is 22.8 Å². The number of nitrogens with zero attached hydrogens (tertiary/aromatic N) is 4. The minimum atomic E-state index is -0.390. The van der Waals surface area contributed by atoms with E-state index in [1.165, 1.54) is 4.90 Å². The van der Waals surface area contributed by atoms with Gasteiger partial charge in [-0.15, -0.1) is 0 Å². The molecule has 0 aliphatic carbocycles. The normalized spacial score (nSPS) is 15.8. The lowest BCUT2D eigenvalue weighted by atomic mass is 10.2. The lowest BCUT2D eigenvalue weighted by Crippen LogP contribution is -2.42. The molecule has 0 bridgehead atoms. The maximum atomic E-state index is 12.6. The van der Waals surface area contributed by atoms with Gasteiger partial charge in [-0.05, 0) is 31.9 Å². The summed E-state index contributed by atoms with van der Waals surface area (Å²) < 4.78 is 1.86. The molecular formula is C17H22N4O2. The van der Waals surface area contributed by atoms with E-state index in [2.05, 4.69) is 4.98 Å². The molecule has 1 aliphatic heterocycles. The van der Waals surface area contributed by atoms with Gasteiger partial charge in [0, 0.05) is 20.1 Å². The third-order valence-corrected chi connectivity index (χ3v) is 4.46. The van der Waals surface area contributed by atoms with E-state index in [0.717, 1.165) is 37.0 Å². The van der Waals surface area contributed by atoms with Gasteiger partial charge in [0.15, 0.2) is 0 Å². The topological polar surface area (TPSA) is 58.4 Å². The fourth-order valence-corrected chi connectivity index (χ4v) is 3.07. The van der Waals surface area contributed by atoms with Gasteiger partial charge in [-0.3, -0.25) is 9.59 Å². The molecule has 1 aliphatic rings. The predicted molar refractivity (Wildman–Crippen MR) is 87.9 cm³/mol. The van der Waals surface area contributed by atoms with Crippen LogP contribution in [0.5, 0.6) is 0 Å². The summed E-state index contributed by atoms with van der Waals surface area (Å²) in [5, 5.41) is 0. The molecule has 0 saturated carbocycles. The first-order chi connectivity index (χ1) is 11.1. The molecule has 0 N–H and O–H groups in total. The standard InChI is InChI=1S/C17H22N4O2/c1-13(21-12-18-14-7-3-4-8-15(14)21)17(23)19(2)11-16(22)20-9-5-6-10-20/h3-4,7-8,12-13H,5-6,9-11H2,1-2H3. The third-order valence-electron chi connectivity index (χ3n) is 4.46. The van der Waals surface area contributed by atoms with E-state index in [1.807, 2.05) is 40.7 Å². The fourth-order valence-electron chi connectivity index (χ4n) is 3.07. The summed E-state index contributed by atoms with van der Waals surface area (Å²) in [6, 6.07) is 7.33. The summed E-state index contributed by atoms with van der Waals surface area (Å²) in [4.78, 5) is 32.5. The van der Waals surface area contributed by atoms with Crippen molar-refractivity contribution in [2.75, 3.05) is 26.7 Å². The quantitative estimate of drug-likeness (QED) is 0.863. The summed E-state index contributed by atoms with van der Waals surface area (Å²) >= 11 is 0. The maximum absolute atomic E-state index is 12.6. The first-order valence-corrected chi connectivity index (χ1v) is 8.02. The maximum Gasteiger partial charge on any atom is 0.245 e. The van der Waals surface area contributed by atoms with Gasteiger partial charge in [0.2, 0.25) is 11.8 Å². The monoisotopic (exact) mass is 314 g/mol. The highest BCUT2D eigenvalue weighted by Gasteiger charge is 2.25. The molecule has 23 heavy (non-hydrogen) atoms. The molecule has 1 fully saturated rings. The van der Waals surface area contributed by atoms with Gasteiger partial charge in [0.25, 0.3) is 0 Å². The number of rotatable bonds is 4. The van der Waals surface area contributed by atoms with Crippen LogP contribution in [0, 0.1) is 0 Å². The lowest BCUT2D eigenvalue weighted by molar-refractivity contribution is -0.140. The van der Waals surface area contributed by atoms with Crippen molar-refractivity contribution in [3.05, 3.63) is 30.6 Å². The molecule has 2 heterocycles. The second-order valence-corrected chi connectivity index (χ2v) is 6.10. The van der Waals surface area contributed by atoms with Crippen LogP contribution >= 0.6 is 0 Å². The summed E-state index contributed by atoms with van der Waals surface area (Å²) in [5.74, 6) is -0.0539. The van der Waals surface area contributed by atoms with Crippen LogP contribution in [0.3, 0.4) is 0 Å². The van der Waals surface area contributed by atoms with Gasteiger partial charge in [0.05, 0.1) is 23.9 Å². The molecule has 2 aromatic rings. The Bertz CT molecular complexity index is 718. The zero-order chi connectivity index (χ0) is 16.4. The fraction of sp³-hybridized carbons (Fsp3) is 0.471. The number of likely N-dealkylation sites (tertiary alicyclic amines) is 1. The number of hydrogen-bond donors (Lipinski definition) is 0. The van der Waals surface area contributed by atoms with Crippen LogP contribution in [-0.2, 0) is 9.59 Å². The van der Waals surface area contributed by atoms with Crippen molar-refractivity contribution < 1.29 is 9.59 Å². The molecule has 6 heteroatoms. The molecule has 3 rings (SSSR count). The van der Waals surface area contributed by atoms with Gasteiger partial charge in [-0.1, -0.05) is 12.1 Å².